The minimum Gasteiger partial charge on any atom is -0.386 e. The molecular formula is C20H37NO3. The largest absolute Gasteiger partial charge is 0.386 e. The summed E-state index contributed by atoms with van der Waals surface area (Å²) in [6, 6.07) is 8.33. The lowest BCUT2D eigenvalue weighted by Gasteiger charge is -2.19. The number of nitrogens with one attached hydrogen (secondary N) is 1. The Kier molecular flexibility index (Phi) is 17.1. The lowest BCUT2D eigenvalue weighted by Crippen LogP contribution is -2.17. The number of hydrogen-bond acceptors (Lipinski definition) is 3. The van der Waals surface area contributed by atoms with E-state index in [9.17, 15) is 9.90 Å². The highest BCUT2D eigenvalue weighted by Crippen LogP contribution is 2.21. The molecule has 140 valence electrons. The van der Waals surface area contributed by atoms with Gasteiger partial charge in [-0.1, -0.05) is 58.4 Å². The van der Waals surface area contributed by atoms with Crippen LogP contribution in [0.15, 0.2) is 24.3 Å². The third kappa shape index (κ3) is 12.1. The van der Waals surface area contributed by atoms with Gasteiger partial charge in [0.1, 0.15) is 6.10 Å². The van der Waals surface area contributed by atoms with Crippen LogP contribution in [0.1, 0.15) is 71.1 Å². The number of methoxy groups -OCH3 is 1. The molecular weight excluding hydrogens is 302 g/mol. The van der Waals surface area contributed by atoms with Crippen LogP contribution in [0.4, 0.5) is 0 Å². The summed E-state index contributed by atoms with van der Waals surface area (Å²) in [7, 11) is 1.60. The first-order valence-electron chi connectivity index (χ1n) is 8.97. The van der Waals surface area contributed by atoms with E-state index in [0.717, 1.165) is 17.5 Å². The quantitative estimate of drug-likeness (QED) is 0.782. The smallest absolute Gasteiger partial charge is 0.207 e. The Bertz CT molecular complexity index is 406. The molecule has 4 nitrogen and oxygen atoms in total. The Morgan fingerprint density at radius 3 is 2.12 bits per heavy atom. The van der Waals surface area contributed by atoms with Crippen molar-refractivity contribution >= 4 is 6.41 Å². The standard InChI is InChI=1S/C11H16O2.C4H7NO.C3H8.C2H6/c1-8-6-4-5-7-10(8)11(12)9(2)13-3;6-3-5-4-1-2-4;1-3-2;1-2/h4-7,9,11-12H,1-3H3;3-4H,1-2H2,(H,5,6);3H2,1-2H3;1-2H3. The van der Waals surface area contributed by atoms with Gasteiger partial charge in [-0.25, -0.2) is 0 Å². The number of aryl methyl sites for hydroxylation is 1. The lowest BCUT2D eigenvalue weighted by atomic mass is 10.0. The molecule has 1 aromatic carbocycles. The summed E-state index contributed by atoms with van der Waals surface area (Å²) >= 11 is 0. The molecule has 24 heavy (non-hydrogen) atoms. The molecule has 0 aromatic heterocycles. The molecule has 2 N–H and O–H groups in total. The van der Waals surface area contributed by atoms with Gasteiger partial charge < -0.3 is 15.2 Å². The molecule has 0 bridgehead atoms. The normalized spacial score (nSPS) is 14.3. The molecule has 0 aliphatic heterocycles. The highest BCUT2D eigenvalue weighted by atomic mass is 16.5. The Morgan fingerprint density at radius 1 is 1.29 bits per heavy atom. The van der Waals surface area contributed by atoms with Gasteiger partial charge in [-0.3, -0.25) is 4.79 Å². The second-order valence-electron chi connectivity index (χ2n) is 5.51. The summed E-state index contributed by atoms with van der Waals surface area (Å²) in [6.07, 6.45) is 3.67. The first-order valence-corrected chi connectivity index (χ1v) is 8.97. The summed E-state index contributed by atoms with van der Waals surface area (Å²) in [5.41, 5.74) is 2.04. The van der Waals surface area contributed by atoms with Crippen molar-refractivity contribution in [3.63, 3.8) is 0 Å². The molecule has 0 saturated heterocycles. The third-order valence-electron chi connectivity index (χ3n) is 3.20. The van der Waals surface area contributed by atoms with E-state index in [-0.39, 0.29) is 6.10 Å². The third-order valence-corrected chi connectivity index (χ3v) is 3.20. The van der Waals surface area contributed by atoms with Gasteiger partial charge in [0, 0.05) is 13.2 Å². The Balaban J connectivity index is 0. The van der Waals surface area contributed by atoms with E-state index >= 15 is 0 Å². The SMILES string of the molecule is CC.CCC.COC(C)C(O)c1ccccc1C.O=CNC1CC1. The van der Waals surface area contributed by atoms with Crippen molar-refractivity contribution in [1.29, 1.82) is 0 Å². The van der Waals surface area contributed by atoms with Gasteiger partial charge in [0.05, 0.1) is 6.10 Å². The fraction of sp³-hybridized carbons (Fsp3) is 0.650. The average molecular weight is 340 g/mol. The molecule has 2 unspecified atom stereocenters. The van der Waals surface area contributed by atoms with Crippen molar-refractivity contribution in [2.75, 3.05) is 7.11 Å². The molecule has 0 radical (unpaired) electrons. The summed E-state index contributed by atoms with van der Waals surface area (Å²) < 4.78 is 5.07. The minimum atomic E-state index is -0.536. The molecule has 0 spiro atoms. The molecule has 1 fully saturated rings. The molecule has 2 atom stereocenters. The molecule has 1 aliphatic rings. The number of rotatable bonds is 5. The van der Waals surface area contributed by atoms with Gasteiger partial charge in [0.25, 0.3) is 0 Å². The van der Waals surface area contributed by atoms with Crippen LogP contribution in [0.2, 0.25) is 0 Å². The molecule has 1 aromatic rings. The second kappa shape index (κ2) is 16.5. The van der Waals surface area contributed by atoms with Gasteiger partial charge in [-0.05, 0) is 37.8 Å². The maximum Gasteiger partial charge on any atom is 0.207 e. The van der Waals surface area contributed by atoms with Crippen LogP contribution in [-0.4, -0.2) is 30.8 Å². The van der Waals surface area contributed by atoms with E-state index in [2.05, 4.69) is 19.2 Å². The zero-order valence-corrected chi connectivity index (χ0v) is 16.5. The van der Waals surface area contributed by atoms with Crippen molar-refractivity contribution in [2.45, 2.75) is 79.1 Å². The van der Waals surface area contributed by atoms with Gasteiger partial charge >= 0.3 is 0 Å². The van der Waals surface area contributed by atoms with Gasteiger partial charge in [0.2, 0.25) is 6.41 Å². The van der Waals surface area contributed by atoms with Gasteiger partial charge in [0.15, 0.2) is 0 Å². The van der Waals surface area contributed by atoms with Crippen LogP contribution in [0.3, 0.4) is 0 Å². The van der Waals surface area contributed by atoms with Crippen LogP contribution in [0, 0.1) is 6.92 Å². The van der Waals surface area contributed by atoms with Crippen molar-refractivity contribution in [3.05, 3.63) is 35.4 Å². The highest BCUT2D eigenvalue weighted by Gasteiger charge is 2.19. The Hall–Kier alpha value is -1.39. The number of carbonyl (C=O) groups excluding carboxylic acids is 1. The zero-order valence-electron chi connectivity index (χ0n) is 16.5. The van der Waals surface area contributed by atoms with Crippen LogP contribution in [-0.2, 0) is 9.53 Å². The first-order chi connectivity index (χ1) is 11.5. The number of ether oxygens (including phenoxy) is 1. The van der Waals surface area contributed by atoms with E-state index < -0.39 is 6.10 Å². The average Bonchev–Trinajstić information content (AvgIpc) is 3.42. The Morgan fingerprint density at radius 2 is 1.79 bits per heavy atom. The molecule has 0 heterocycles. The van der Waals surface area contributed by atoms with Crippen molar-refractivity contribution in [1.82, 2.24) is 5.32 Å². The van der Waals surface area contributed by atoms with E-state index in [1.807, 2.05) is 52.0 Å². The molecule has 1 amide bonds. The highest BCUT2D eigenvalue weighted by molar-refractivity contribution is 5.47. The molecule has 2 rings (SSSR count). The van der Waals surface area contributed by atoms with E-state index in [4.69, 9.17) is 4.74 Å². The number of carbonyl (C=O) groups is 1. The number of amides is 1. The Labute approximate surface area is 148 Å². The maximum absolute atomic E-state index is 9.84. The van der Waals surface area contributed by atoms with E-state index in [1.165, 1.54) is 19.3 Å². The summed E-state index contributed by atoms with van der Waals surface area (Å²) in [6.45, 7) is 12.1. The number of hydrogen-bond donors (Lipinski definition) is 2. The first kappa shape index (κ1) is 24.9. The minimum absolute atomic E-state index is 0.166. The summed E-state index contributed by atoms with van der Waals surface area (Å²) in [5, 5.41) is 12.5. The van der Waals surface area contributed by atoms with Gasteiger partial charge in [-0.15, -0.1) is 0 Å². The number of aliphatic hydroxyl groups excluding tert-OH is 1. The number of benzene rings is 1. The van der Waals surface area contributed by atoms with Crippen LogP contribution >= 0.6 is 0 Å². The van der Waals surface area contributed by atoms with E-state index in [0.29, 0.717) is 6.04 Å². The second-order valence-corrected chi connectivity index (χ2v) is 5.51. The van der Waals surface area contributed by atoms with Gasteiger partial charge in [-0.2, -0.15) is 0 Å². The maximum atomic E-state index is 9.84. The number of aliphatic hydroxyl groups is 1. The van der Waals surface area contributed by atoms with Crippen molar-refractivity contribution < 1.29 is 14.6 Å². The van der Waals surface area contributed by atoms with Crippen LogP contribution in [0.25, 0.3) is 0 Å². The molecule has 4 heteroatoms. The van der Waals surface area contributed by atoms with Crippen LogP contribution < -0.4 is 5.32 Å². The predicted octanol–water partition coefficient (Wildman–Crippen LogP) is 4.40. The fourth-order valence-corrected chi connectivity index (χ4v) is 1.65. The fourth-order valence-electron chi connectivity index (χ4n) is 1.65. The lowest BCUT2D eigenvalue weighted by molar-refractivity contribution is -0.109. The summed E-state index contributed by atoms with van der Waals surface area (Å²) in [4.78, 5) is 9.54. The molecule has 1 saturated carbocycles. The van der Waals surface area contributed by atoms with Crippen molar-refractivity contribution in [2.24, 2.45) is 0 Å². The predicted molar refractivity (Wildman–Crippen MR) is 102 cm³/mol. The van der Waals surface area contributed by atoms with Crippen molar-refractivity contribution in [3.8, 4) is 0 Å². The molecule has 1 aliphatic carbocycles. The van der Waals surface area contributed by atoms with Crippen LogP contribution in [0.5, 0.6) is 0 Å². The monoisotopic (exact) mass is 339 g/mol. The summed E-state index contributed by atoms with van der Waals surface area (Å²) in [5.74, 6) is 0. The topological polar surface area (TPSA) is 58.6 Å². The zero-order chi connectivity index (χ0) is 19.0. The van der Waals surface area contributed by atoms with E-state index in [1.54, 1.807) is 7.11 Å².